The fourth-order valence-electron chi connectivity index (χ4n) is 3.61. The molecular formula is C26H32N4O9. The van der Waals surface area contributed by atoms with Gasteiger partial charge in [-0.3, -0.25) is 19.2 Å². The Morgan fingerprint density at radius 1 is 0.769 bits per heavy atom. The Labute approximate surface area is 224 Å². The highest BCUT2D eigenvalue weighted by molar-refractivity contribution is 5.95. The van der Waals surface area contributed by atoms with Gasteiger partial charge in [0.2, 0.25) is 17.7 Å². The Hall–Kier alpha value is -4.49. The van der Waals surface area contributed by atoms with E-state index in [1.165, 1.54) is 31.2 Å². The number of amides is 3. The SMILES string of the molecule is CC(O)C(NC(=O)C(N)CC(=O)O)C(=O)NC(Cc1ccccc1)C(=O)NC(Cc1ccc(O)cc1)C(=O)O. The summed E-state index contributed by atoms with van der Waals surface area (Å²) >= 11 is 0. The number of hydrogen-bond acceptors (Lipinski definition) is 8. The highest BCUT2D eigenvalue weighted by Crippen LogP contribution is 2.12. The van der Waals surface area contributed by atoms with Crippen LogP contribution < -0.4 is 21.7 Å². The number of nitrogens with two attached hydrogens (primary N) is 1. The van der Waals surface area contributed by atoms with E-state index in [0.29, 0.717) is 11.1 Å². The number of rotatable bonds is 14. The molecule has 2 aromatic carbocycles. The number of carbonyl (C=O) groups excluding carboxylic acids is 3. The van der Waals surface area contributed by atoms with Crippen molar-refractivity contribution >= 4 is 29.7 Å². The van der Waals surface area contributed by atoms with Crippen molar-refractivity contribution in [1.82, 2.24) is 16.0 Å². The van der Waals surface area contributed by atoms with E-state index in [9.17, 15) is 39.3 Å². The van der Waals surface area contributed by atoms with E-state index < -0.39 is 66.4 Å². The molecule has 39 heavy (non-hydrogen) atoms. The standard InChI is InChI=1S/C26H32N4O9/c1-14(31)22(30-23(35)18(27)13-21(33)34)25(37)28-19(11-15-5-3-2-4-6-15)24(36)29-20(26(38)39)12-16-7-9-17(32)10-8-16/h2-10,14,18-20,22,31-32H,11-13,27H2,1H3,(H,28,37)(H,29,36)(H,30,35)(H,33,34)(H,38,39). The lowest BCUT2D eigenvalue weighted by Crippen LogP contribution is -2.60. The fraction of sp³-hybridized carbons (Fsp3) is 0.346. The highest BCUT2D eigenvalue weighted by atomic mass is 16.4. The molecule has 0 aliphatic heterocycles. The summed E-state index contributed by atoms with van der Waals surface area (Å²) in [6, 6.07) is 8.54. The molecule has 0 spiro atoms. The van der Waals surface area contributed by atoms with Gasteiger partial charge in [-0.25, -0.2) is 4.79 Å². The predicted octanol–water partition coefficient (Wildman–Crippen LogP) is -1.10. The van der Waals surface area contributed by atoms with Crippen LogP contribution in [0.4, 0.5) is 0 Å². The van der Waals surface area contributed by atoms with Crippen molar-refractivity contribution in [3.05, 3.63) is 65.7 Å². The second kappa shape index (κ2) is 14.4. The number of hydrogen-bond donors (Lipinski definition) is 8. The van der Waals surface area contributed by atoms with Gasteiger partial charge in [-0.15, -0.1) is 0 Å². The molecule has 3 amide bonds. The zero-order chi connectivity index (χ0) is 29.1. The lowest BCUT2D eigenvalue weighted by Gasteiger charge is -2.26. The monoisotopic (exact) mass is 544 g/mol. The van der Waals surface area contributed by atoms with Crippen LogP contribution in [0.2, 0.25) is 0 Å². The molecular weight excluding hydrogens is 512 g/mol. The zero-order valence-electron chi connectivity index (χ0n) is 21.1. The molecule has 0 aliphatic carbocycles. The van der Waals surface area contributed by atoms with E-state index in [0.717, 1.165) is 0 Å². The van der Waals surface area contributed by atoms with Gasteiger partial charge in [0.15, 0.2) is 0 Å². The van der Waals surface area contributed by atoms with E-state index >= 15 is 0 Å². The zero-order valence-corrected chi connectivity index (χ0v) is 21.1. The second-order valence-corrected chi connectivity index (χ2v) is 8.95. The molecule has 0 radical (unpaired) electrons. The van der Waals surface area contributed by atoms with Crippen LogP contribution in [-0.4, -0.2) is 80.4 Å². The predicted molar refractivity (Wildman–Crippen MR) is 137 cm³/mol. The Balaban J connectivity index is 2.23. The maximum atomic E-state index is 13.2. The summed E-state index contributed by atoms with van der Waals surface area (Å²) < 4.78 is 0. The van der Waals surface area contributed by atoms with E-state index in [-0.39, 0.29) is 18.6 Å². The molecule has 13 heteroatoms. The van der Waals surface area contributed by atoms with Crippen LogP contribution in [0.25, 0.3) is 0 Å². The Bertz CT molecular complexity index is 1160. The molecule has 2 rings (SSSR count). The summed E-state index contributed by atoms with van der Waals surface area (Å²) in [5, 5.41) is 45.1. The third kappa shape index (κ3) is 10.1. The average Bonchev–Trinajstić information content (AvgIpc) is 2.87. The third-order valence-electron chi connectivity index (χ3n) is 5.70. The molecule has 0 aliphatic rings. The smallest absolute Gasteiger partial charge is 0.326 e. The number of aliphatic carboxylic acids is 2. The van der Waals surface area contributed by atoms with Gasteiger partial charge < -0.3 is 42.1 Å². The van der Waals surface area contributed by atoms with Gasteiger partial charge in [-0.2, -0.15) is 0 Å². The largest absolute Gasteiger partial charge is 0.508 e. The fourth-order valence-corrected chi connectivity index (χ4v) is 3.61. The third-order valence-corrected chi connectivity index (χ3v) is 5.70. The molecule has 9 N–H and O–H groups in total. The molecule has 0 fully saturated rings. The highest BCUT2D eigenvalue weighted by Gasteiger charge is 2.33. The molecule has 0 bridgehead atoms. The summed E-state index contributed by atoms with van der Waals surface area (Å²) in [5.74, 6) is -5.48. The van der Waals surface area contributed by atoms with Gasteiger partial charge >= 0.3 is 11.9 Å². The van der Waals surface area contributed by atoms with Crippen LogP contribution in [0.3, 0.4) is 0 Å². The minimum absolute atomic E-state index is 0.0102. The van der Waals surface area contributed by atoms with E-state index in [1.807, 2.05) is 0 Å². The number of nitrogens with one attached hydrogen (secondary N) is 3. The lowest BCUT2D eigenvalue weighted by atomic mass is 10.0. The maximum absolute atomic E-state index is 13.2. The first-order chi connectivity index (χ1) is 18.4. The van der Waals surface area contributed by atoms with Crippen molar-refractivity contribution in [2.45, 2.75) is 56.5 Å². The number of carbonyl (C=O) groups is 5. The number of carboxylic acids is 2. The van der Waals surface area contributed by atoms with Crippen LogP contribution in [0, 0.1) is 0 Å². The van der Waals surface area contributed by atoms with Crippen molar-refractivity contribution < 1.29 is 44.4 Å². The molecule has 5 atom stereocenters. The van der Waals surface area contributed by atoms with Gasteiger partial charge in [-0.1, -0.05) is 42.5 Å². The Morgan fingerprint density at radius 3 is 1.85 bits per heavy atom. The van der Waals surface area contributed by atoms with Gasteiger partial charge in [0.1, 0.15) is 23.9 Å². The van der Waals surface area contributed by atoms with Gasteiger partial charge in [0, 0.05) is 12.8 Å². The molecule has 0 saturated carbocycles. The molecule has 0 aromatic heterocycles. The molecule has 0 saturated heterocycles. The molecule has 210 valence electrons. The van der Waals surface area contributed by atoms with Crippen LogP contribution in [0.5, 0.6) is 5.75 Å². The van der Waals surface area contributed by atoms with Crippen LogP contribution in [0.1, 0.15) is 24.5 Å². The minimum Gasteiger partial charge on any atom is -0.508 e. The normalized spacial score (nSPS) is 14.6. The number of aliphatic hydroxyl groups is 1. The second-order valence-electron chi connectivity index (χ2n) is 8.95. The van der Waals surface area contributed by atoms with E-state index in [1.54, 1.807) is 30.3 Å². The summed E-state index contributed by atoms with van der Waals surface area (Å²) in [6.07, 6.45) is -2.33. The van der Waals surface area contributed by atoms with Crippen LogP contribution in [0.15, 0.2) is 54.6 Å². The first-order valence-electron chi connectivity index (χ1n) is 12.0. The van der Waals surface area contributed by atoms with Gasteiger partial charge in [0.05, 0.1) is 18.6 Å². The van der Waals surface area contributed by atoms with Gasteiger partial charge in [-0.05, 0) is 30.2 Å². The summed E-state index contributed by atoms with van der Waals surface area (Å²) in [4.78, 5) is 61.3. The van der Waals surface area contributed by atoms with Crippen LogP contribution >= 0.6 is 0 Å². The maximum Gasteiger partial charge on any atom is 0.326 e. The van der Waals surface area contributed by atoms with Crippen LogP contribution in [-0.2, 0) is 36.8 Å². The number of phenolic OH excluding ortho intramolecular Hbond substituents is 1. The van der Waals surface area contributed by atoms with E-state index in [2.05, 4.69) is 16.0 Å². The van der Waals surface area contributed by atoms with Crippen molar-refractivity contribution in [3.8, 4) is 5.75 Å². The van der Waals surface area contributed by atoms with Crippen molar-refractivity contribution in [2.75, 3.05) is 0 Å². The van der Waals surface area contributed by atoms with E-state index in [4.69, 9.17) is 10.8 Å². The molecule has 13 nitrogen and oxygen atoms in total. The number of benzene rings is 2. The Kier molecular flexibility index (Phi) is 11.4. The molecule has 2 aromatic rings. The van der Waals surface area contributed by atoms with Crippen molar-refractivity contribution in [1.29, 1.82) is 0 Å². The number of carboxylic acid groups (broad SMARTS) is 2. The summed E-state index contributed by atoms with van der Waals surface area (Å²) in [6.45, 7) is 1.21. The molecule has 0 heterocycles. The quantitative estimate of drug-likeness (QED) is 0.143. The van der Waals surface area contributed by atoms with Crippen molar-refractivity contribution in [3.63, 3.8) is 0 Å². The van der Waals surface area contributed by atoms with Crippen molar-refractivity contribution in [2.24, 2.45) is 5.73 Å². The average molecular weight is 545 g/mol. The summed E-state index contributed by atoms with van der Waals surface area (Å²) in [7, 11) is 0. The first kappa shape index (κ1) is 30.7. The number of aliphatic hydroxyl groups excluding tert-OH is 1. The summed E-state index contributed by atoms with van der Waals surface area (Å²) in [5.41, 5.74) is 6.69. The minimum atomic E-state index is -1.59. The Morgan fingerprint density at radius 2 is 1.31 bits per heavy atom. The lowest BCUT2D eigenvalue weighted by molar-refractivity contribution is -0.142. The first-order valence-corrected chi connectivity index (χ1v) is 12.0. The molecule has 5 unspecified atom stereocenters. The number of aromatic hydroxyl groups is 1. The number of phenols is 1. The van der Waals surface area contributed by atoms with Gasteiger partial charge in [0.25, 0.3) is 0 Å². The topological polar surface area (TPSA) is 228 Å².